The predicted octanol–water partition coefficient (Wildman–Crippen LogP) is 2.95. The minimum atomic E-state index is -0.434. The Morgan fingerprint density at radius 2 is 1.36 bits per heavy atom. The second kappa shape index (κ2) is 21.8. The zero-order valence-corrected chi connectivity index (χ0v) is 35.3. The van der Waals surface area contributed by atoms with Crippen LogP contribution in [0.3, 0.4) is 0 Å². The van der Waals surface area contributed by atoms with Crippen molar-refractivity contribution in [3.8, 4) is 11.5 Å². The molecule has 0 radical (unpaired) electrons. The lowest BCUT2D eigenvalue weighted by molar-refractivity contribution is -0.933. The van der Waals surface area contributed by atoms with E-state index in [0.717, 1.165) is 92.0 Å². The Morgan fingerprint density at radius 1 is 0.820 bits per heavy atom. The molecule has 3 aromatic heterocycles. The molecule has 0 saturated carbocycles. The number of rotatable bonds is 20. The molecule has 1 saturated heterocycles. The molecule has 8 N–H and O–H groups in total. The first-order valence-corrected chi connectivity index (χ1v) is 20.5. The Kier molecular flexibility index (Phi) is 16.4. The molecule has 0 spiro atoms. The Balaban J connectivity index is 0.00000704. The highest BCUT2D eigenvalue weighted by Crippen LogP contribution is 2.25. The number of aromatic nitrogens is 6. The molecule has 19 heteroatoms. The molecule has 5 aromatic rings. The van der Waals surface area contributed by atoms with Gasteiger partial charge in [-0.15, -0.1) is 0 Å². The summed E-state index contributed by atoms with van der Waals surface area (Å²) in [5.41, 5.74) is 13.9. The average Bonchev–Trinajstić information content (AvgIpc) is 3.85. The van der Waals surface area contributed by atoms with Crippen LogP contribution in [0.1, 0.15) is 58.9 Å². The first-order chi connectivity index (χ1) is 28.9. The van der Waals surface area contributed by atoms with Crippen LogP contribution in [-0.2, 0) is 49.6 Å². The summed E-state index contributed by atoms with van der Waals surface area (Å²) < 4.78 is 16.2. The quantitative estimate of drug-likeness (QED) is 0.0709. The highest BCUT2D eigenvalue weighted by Gasteiger charge is 2.36. The summed E-state index contributed by atoms with van der Waals surface area (Å²) >= 11 is 6.09. The number of nitrogens with one attached hydrogen (secondary N) is 3. The van der Waals surface area contributed by atoms with E-state index in [1.807, 2.05) is 72.0 Å². The van der Waals surface area contributed by atoms with Crippen molar-refractivity contribution in [3.63, 3.8) is 0 Å². The third kappa shape index (κ3) is 13.4. The summed E-state index contributed by atoms with van der Waals surface area (Å²) in [6.07, 6.45) is 12.2. The van der Waals surface area contributed by atoms with Gasteiger partial charge in [0.1, 0.15) is 23.1 Å². The van der Waals surface area contributed by atoms with Crippen LogP contribution in [0.4, 0.5) is 11.6 Å². The summed E-state index contributed by atoms with van der Waals surface area (Å²) in [6, 6.07) is 15.6. The number of nitrogens with zero attached hydrogens (tertiary/aromatic N) is 7. The van der Waals surface area contributed by atoms with E-state index in [1.165, 1.54) is 0 Å². The molecule has 61 heavy (non-hydrogen) atoms. The van der Waals surface area contributed by atoms with Crippen LogP contribution >= 0.6 is 11.6 Å². The molecule has 1 aliphatic rings. The van der Waals surface area contributed by atoms with E-state index in [4.69, 9.17) is 32.5 Å². The number of hydrogen-bond acceptors (Lipinski definition) is 12. The number of nitrogen functional groups attached to an aromatic ring is 2. The Morgan fingerprint density at radius 3 is 1.87 bits per heavy atom. The normalized spacial score (nSPS) is 14.4. The van der Waals surface area contributed by atoms with Gasteiger partial charge in [0.15, 0.2) is 35.7 Å². The SMILES string of the molecule is Cn1ccnc1CNC(=O)COc1cccc(CCC[N+]2(CCCc3cccc(OCC(=O)NCc4nccn4C)c3)CCC[C@H](NC(=O)c3nc(Cl)c(N)nc3N)C2)c1.[OH-]. The summed E-state index contributed by atoms with van der Waals surface area (Å²) in [6.45, 7) is 3.92. The first kappa shape index (κ1) is 45.8. The van der Waals surface area contributed by atoms with Crippen LogP contribution in [0.2, 0.25) is 5.15 Å². The van der Waals surface area contributed by atoms with Gasteiger partial charge in [0.05, 0.1) is 45.3 Å². The lowest BCUT2D eigenvalue weighted by Crippen LogP contribution is -2.60. The number of nitrogens with two attached hydrogens (primary N) is 2. The van der Waals surface area contributed by atoms with E-state index in [0.29, 0.717) is 24.6 Å². The summed E-state index contributed by atoms with van der Waals surface area (Å²) in [5.74, 6) is 1.79. The molecule has 4 heterocycles. The third-order valence-electron chi connectivity index (χ3n) is 10.7. The van der Waals surface area contributed by atoms with Crippen LogP contribution < -0.4 is 36.9 Å². The number of anilines is 2. The molecule has 326 valence electrons. The molecule has 6 rings (SSSR count). The van der Waals surface area contributed by atoms with Crippen molar-refractivity contribution in [1.29, 1.82) is 0 Å². The van der Waals surface area contributed by atoms with Gasteiger partial charge in [-0.25, -0.2) is 19.9 Å². The van der Waals surface area contributed by atoms with Crippen LogP contribution in [-0.4, -0.2) is 102 Å². The predicted molar refractivity (Wildman–Crippen MR) is 229 cm³/mol. The third-order valence-corrected chi connectivity index (χ3v) is 11.0. The van der Waals surface area contributed by atoms with Crippen molar-refractivity contribution in [2.24, 2.45) is 14.1 Å². The number of benzene rings is 2. The Hall–Kier alpha value is -6.24. The smallest absolute Gasteiger partial charge is 0.274 e. The number of carbonyl (C=O) groups is 3. The topological polar surface area (TPSA) is 249 Å². The number of ether oxygens (including phenoxy) is 2. The summed E-state index contributed by atoms with van der Waals surface area (Å²) in [5, 5.41) is 8.77. The number of aryl methyl sites for hydroxylation is 4. The van der Waals surface area contributed by atoms with Crippen molar-refractivity contribution in [2.45, 2.75) is 57.7 Å². The monoisotopic (exact) mass is 858 g/mol. The van der Waals surface area contributed by atoms with Crippen molar-refractivity contribution < 1.29 is 33.8 Å². The number of carbonyl (C=O) groups excluding carboxylic acids is 3. The zero-order valence-electron chi connectivity index (χ0n) is 34.6. The largest absolute Gasteiger partial charge is 0.870 e. The van der Waals surface area contributed by atoms with Crippen LogP contribution in [0, 0.1) is 0 Å². The molecule has 1 aliphatic heterocycles. The molecule has 1 atom stereocenters. The second-order valence-electron chi connectivity index (χ2n) is 15.2. The van der Waals surface area contributed by atoms with Gasteiger partial charge in [-0.2, -0.15) is 0 Å². The molecular formula is C42H55ClN12O6. The van der Waals surface area contributed by atoms with Crippen molar-refractivity contribution in [2.75, 3.05) is 50.9 Å². The van der Waals surface area contributed by atoms with Gasteiger partial charge in [0.25, 0.3) is 17.7 Å². The molecule has 18 nitrogen and oxygen atoms in total. The van der Waals surface area contributed by atoms with Gasteiger partial charge in [-0.05, 0) is 61.1 Å². The average molecular weight is 859 g/mol. The maximum absolute atomic E-state index is 13.4. The molecule has 0 aliphatic carbocycles. The zero-order chi connectivity index (χ0) is 42.5. The van der Waals surface area contributed by atoms with Crippen molar-refractivity contribution in [1.82, 2.24) is 45.0 Å². The highest BCUT2D eigenvalue weighted by molar-refractivity contribution is 6.31. The molecule has 2 aromatic carbocycles. The lowest BCUT2D eigenvalue weighted by atomic mass is 9.99. The van der Waals surface area contributed by atoms with Crippen LogP contribution in [0.5, 0.6) is 11.5 Å². The van der Waals surface area contributed by atoms with Gasteiger partial charge in [-0.3, -0.25) is 14.4 Å². The number of halogens is 1. The minimum Gasteiger partial charge on any atom is -0.870 e. The molecular weight excluding hydrogens is 804 g/mol. The number of amides is 3. The Bertz CT molecular complexity index is 2140. The van der Waals surface area contributed by atoms with Gasteiger partial charge >= 0.3 is 0 Å². The van der Waals surface area contributed by atoms with Gasteiger partial charge in [0, 0.05) is 51.7 Å². The fourth-order valence-corrected chi connectivity index (χ4v) is 7.66. The Labute approximate surface area is 359 Å². The maximum atomic E-state index is 13.4. The maximum Gasteiger partial charge on any atom is 0.274 e. The highest BCUT2D eigenvalue weighted by atomic mass is 35.5. The molecule has 0 bridgehead atoms. The minimum absolute atomic E-state index is 0. The fourth-order valence-electron chi connectivity index (χ4n) is 7.53. The number of hydrogen-bond donors (Lipinski definition) is 5. The van der Waals surface area contributed by atoms with Gasteiger partial charge in [-0.1, -0.05) is 35.9 Å². The number of piperidine rings is 1. The summed E-state index contributed by atoms with van der Waals surface area (Å²) in [4.78, 5) is 54.9. The van der Waals surface area contributed by atoms with E-state index in [1.54, 1.807) is 12.4 Å². The number of imidazole rings is 2. The van der Waals surface area contributed by atoms with E-state index in [2.05, 4.69) is 48.0 Å². The van der Waals surface area contributed by atoms with E-state index < -0.39 is 5.91 Å². The molecule has 1 fully saturated rings. The number of likely N-dealkylation sites (tertiary alicyclic amines) is 1. The lowest BCUT2D eigenvalue weighted by Gasteiger charge is -2.45. The number of quaternary nitrogens is 1. The van der Waals surface area contributed by atoms with E-state index in [-0.39, 0.29) is 59.0 Å². The molecule has 3 amide bonds. The van der Waals surface area contributed by atoms with Gasteiger partial charge in [0.2, 0.25) is 0 Å². The van der Waals surface area contributed by atoms with Gasteiger partial charge < -0.3 is 56.0 Å². The standard InChI is InChI=1S/C42H53ClN12O5.H2O/c1-53-17-15-46-34(53)24-48-36(56)27-59-32-13-3-8-29(22-32)10-5-19-55(21-7-12-31(26-55)50-42(58)38-40(44)52-41(45)39(43)51-38)20-6-11-30-9-4-14-33(23-30)60-28-37(57)49-25-35-47-16-18-54(35)2;/h3-4,8-9,13-18,22-23,31H,5-7,10-12,19-21,24-28H2,1-2H3,(H6-,44,45,48,49,50,52,56,57,58);1H2/t31-;/m0./s1. The summed E-state index contributed by atoms with van der Waals surface area (Å²) in [7, 11) is 3.76. The van der Waals surface area contributed by atoms with Crippen molar-refractivity contribution in [3.05, 3.63) is 107 Å². The molecule has 0 unspecified atom stereocenters. The second-order valence-corrected chi connectivity index (χ2v) is 15.5. The fraction of sp³-hybridized carbons (Fsp3) is 0.405. The van der Waals surface area contributed by atoms with Crippen LogP contribution in [0.25, 0.3) is 0 Å². The van der Waals surface area contributed by atoms with E-state index in [9.17, 15) is 14.4 Å². The van der Waals surface area contributed by atoms with Crippen molar-refractivity contribution >= 4 is 41.0 Å². The first-order valence-electron chi connectivity index (χ1n) is 20.1. The van der Waals surface area contributed by atoms with Crippen LogP contribution in [0.15, 0.2) is 73.3 Å². The van der Waals surface area contributed by atoms with E-state index >= 15 is 0 Å².